The molecule has 0 N–H and O–H groups in total. The second kappa shape index (κ2) is 12.0. The number of fused-ring (bicyclic) bond motifs is 9. The summed E-state index contributed by atoms with van der Waals surface area (Å²) < 4.78 is 6.89. The first-order valence-corrected chi connectivity index (χ1v) is 20.1. The standard InChI is InChI=1S/C55H39NO/c1-34-24-28-36(29-25-34)55(37-30-26-35(2)27-31-37)46-19-7-5-15-44(46)53-47(55)20-11-21-49(53)56(50-22-10-17-43-40-14-6-8-23-51(40)57-54(43)50)48-33-32-42-39-13-4-3-12-38(39)41-16-9-18-45(48)52(41)42/h3-33,41,52H,1-2H3. The third-order valence-electron chi connectivity index (χ3n) is 13.1. The van der Waals surface area contributed by atoms with Gasteiger partial charge in [-0.25, -0.2) is 0 Å². The van der Waals surface area contributed by atoms with E-state index in [1.165, 1.54) is 72.5 Å². The lowest BCUT2D eigenvalue weighted by Gasteiger charge is -2.37. The molecule has 0 saturated carbocycles. The zero-order chi connectivity index (χ0) is 37.8. The average molecular weight is 730 g/mol. The molecule has 7 aromatic carbocycles. The molecule has 4 aliphatic rings. The number of hydrogen-bond donors (Lipinski definition) is 0. The molecule has 0 spiro atoms. The first kappa shape index (κ1) is 32.4. The number of nitrogens with zero attached hydrogens (tertiary/aromatic N) is 1. The minimum absolute atomic E-state index is 0.230. The molecule has 0 saturated heterocycles. The van der Waals surface area contributed by atoms with E-state index in [4.69, 9.17) is 4.42 Å². The molecule has 0 aliphatic heterocycles. The summed E-state index contributed by atoms with van der Waals surface area (Å²) in [7, 11) is 0. The van der Waals surface area contributed by atoms with Gasteiger partial charge >= 0.3 is 0 Å². The summed E-state index contributed by atoms with van der Waals surface area (Å²) in [4.78, 5) is 2.53. The quantitative estimate of drug-likeness (QED) is 0.175. The summed E-state index contributed by atoms with van der Waals surface area (Å²) in [5.41, 5.74) is 20.2. The fraction of sp³-hybridized carbons (Fsp3) is 0.0909. The maximum absolute atomic E-state index is 6.89. The van der Waals surface area contributed by atoms with Gasteiger partial charge in [0.1, 0.15) is 5.58 Å². The van der Waals surface area contributed by atoms with Gasteiger partial charge < -0.3 is 9.32 Å². The maximum atomic E-state index is 6.89. The van der Waals surface area contributed by atoms with Crippen LogP contribution in [0.5, 0.6) is 0 Å². The molecule has 0 bridgehead atoms. The Balaban J connectivity index is 1.19. The van der Waals surface area contributed by atoms with E-state index < -0.39 is 5.41 Å². The number of para-hydroxylation sites is 2. The molecule has 2 atom stereocenters. The molecule has 0 fully saturated rings. The van der Waals surface area contributed by atoms with Gasteiger partial charge in [0.25, 0.3) is 0 Å². The molecule has 1 heterocycles. The lowest BCUT2D eigenvalue weighted by atomic mass is 9.67. The van der Waals surface area contributed by atoms with Crippen molar-refractivity contribution < 1.29 is 4.42 Å². The Labute approximate surface area is 333 Å². The molecule has 270 valence electrons. The highest BCUT2D eigenvalue weighted by atomic mass is 16.3. The number of anilines is 2. The minimum atomic E-state index is -0.528. The van der Waals surface area contributed by atoms with E-state index in [0.29, 0.717) is 0 Å². The summed E-state index contributed by atoms with van der Waals surface area (Å²) in [5.74, 6) is 0.519. The molecule has 2 unspecified atom stereocenters. The topological polar surface area (TPSA) is 16.4 Å². The highest BCUT2D eigenvalue weighted by Gasteiger charge is 2.48. The van der Waals surface area contributed by atoms with Crippen LogP contribution in [0.2, 0.25) is 0 Å². The molecule has 0 amide bonds. The number of benzene rings is 7. The Morgan fingerprint density at radius 1 is 0.526 bits per heavy atom. The van der Waals surface area contributed by atoms with E-state index in [-0.39, 0.29) is 11.8 Å². The summed E-state index contributed by atoms with van der Waals surface area (Å²) in [6.45, 7) is 4.35. The first-order chi connectivity index (χ1) is 28.1. The van der Waals surface area contributed by atoms with Gasteiger partial charge in [0.2, 0.25) is 0 Å². The molecule has 2 heteroatoms. The van der Waals surface area contributed by atoms with Crippen LogP contribution in [0.25, 0.3) is 38.6 Å². The van der Waals surface area contributed by atoms with E-state index in [1.807, 2.05) is 0 Å². The summed E-state index contributed by atoms with van der Waals surface area (Å²) in [6, 6.07) is 58.5. The van der Waals surface area contributed by atoms with Gasteiger partial charge in [-0.2, -0.15) is 0 Å². The Kier molecular flexibility index (Phi) is 6.84. The predicted molar refractivity (Wildman–Crippen MR) is 235 cm³/mol. The zero-order valence-corrected chi connectivity index (χ0v) is 31.9. The normalized spacial score (nSPS) is 18.0. The number of allylic oxidation sites excluding steroid dienone is 7. The van der Waals surface area contributed by atoms with Gasteiger partial charge in [-0.1, -0.05) is 175 Å². The van der Waals surface area contributed by atoms with Crippen molar-refractivity contribution >= 4 is 38.9 Å². The van der Waals surface area contributed by atoms with Crippen molar-refractivity contribution in [2.75, 3.05) is 4.90 Å². The van der Waals surface area contributed by atoms with Crippen LogP contribution in [0.1, 0.15) is 50.4 Å². The van der Waals surface area contributed by atoms with Crippen molar-refractivity contribution in [3.05, 3.63) is 244 Å². The number of aryl methyl sites for hydroxylation is 2. The second-order valence-corrected chi connectivity index (χ2v) is 16.1. The highest BCUT2D eigenvalue weighted by molar-refractivity contribution is 6.11. The molecule has 8 aromatic rings. The van der Waals surface area contributed by atoms with Gasteiger partial charge in [-0.3, -0.25) is 0 Å². The lowest BCUT2D eigenvalue weighted by Crippen LogP contribution is -2.29. The van der Waals surface area contributed by atoms with E-state index in [0.717, 1.165) is 33.3 Å². The first-order valence-electron chi connectivity index (χ1n) is 20.1. The molecule has 1 aromatic heterocycles. The minimum Gasteiger partial charge on any atom is -0.454 e. The van der Waals surface area contributed by atoms with Gasteiger partial charge in [0.15, 0.2) is 5.58 Å². The molecule has 0 radical (unpaired) electrons. The molecular formula is C55H39NO. The van der Waals surface area contributed by atoms with Gasteiger partial charge in [0, 0.05) is 28.2 Å². The maximum Gasteiger partial charge on any atom is 0.159 e. The highest BCUT2D eigenvalue weighted by Crippen LogP contribution is 2.61. The van der Waals surface area contributed by atoms with Crippen molar-refractivity contribution in [1.29, 1.82) is 0 Å². The fourth-order valence-corrected chi connectivity index (χ4v) is 10.6. The van der Waals surface area contributed by atoms with Crippen LogP contribution in [0.15, 0.2) is 204 Å². The van der Waals surface area contributed by atoms with E-state index >= 15 is 0 Å². The SMILES string of the molecule is Cc1ccc(C2(c3ccc(C)cc3)c3ccccc3-c3c(N(C4=CC=C5c6ccccc6C6C=CC=C4C56)c4cccc5c4oc4ccccc45)cccc32)cc1. The van der Waals surface area contributed by atoms with E-state index in [1.54, 1.807) is 0 Å². The van der Waals surface area contributed by atoms with Crippen molar-refractivity contribution in [2.45, 2.75) is 25.2 Å². The Morgan fingerprint density at radius 3 is 1.98 bits per heavy atom. The summed E-state index contributed by atoms with van der Waals surface area (Å²) >= 11 is 0. The zero-order valence-electron chi connectivity index (χ0n) is 31.9. The smallest absolute Gasteiger partial charge is 0.159 e. The second-order valence-electron chi connectivity index (χ2n) is 16.1. The largest absolute Gasteiger partial charge is 0.454 e. The molecule has 57 heavy (non-hydrogen) atoms. The third kappa shape index (κ3) is 4.41. The van der Waals surface area contributed by atoms with Crippen LogP contribution in [0.3, 0.4) is 0 Å². The number of rotatable bonds is 5. The average Bonchev–Trinajstić information content (AvgIpc) is 3.91. The third-order valence-corrected chi connectivity index (χ3v) is 13.1. The molecule has 12 rings (SSSR count). The van der Waals surface area contributed by atoms with Crippen molar-refractivity contribution in [3.63, 3.8) is 0 Å². The van der Waals surface area contributed by atoms with Crippen LogP contribution in [-0.4, -0.2) is 0 Å². The van der Waals surface area contributed by atoms with Crippen molar-refractivity contribution in [1.82, 2.24) is 0 Å². The van der Waals surface area contributed by atoms with Gasteiger partial charge in [-0.05, 0) is 88.2 Å². The Bertz CT molecular complexity index is 3050. The predicted octanol–water partition coefficient (Wildman–Crippen LogP) is 13.9. The summed E-state index contributed by atoms with van der Waals surface area (Å²) in [6.07, 6.45) is 11.8. The Morgan fingerprint density at radius 2 is 1.18 bits per heavy atom. The van der Waals surface area contributed by atoms with E-state index in [2.05, 4.69) is 207 Å². The van der Waals surface area contributed by atoms with Crippen molar-refractivity contribution in [3.8, 4) is 11.1 Å². The lowest BCUT2D eigenvalue weighted by molar-refractivity contribution is 0.667. The number of furan rings is 1. The van der Waals surface area contributed by atoms with Crippen molar-refractivity contribution in [2.24, 2.45) is 5.92 Å². The van der Waals surface area contributed by atoms with E-state index in [9.17, 15) is 0 Å². The van der Waals surface area contributed by atoms with Crippen LogP contribution >= 0.6 is 0 Å². The number of hydrogen-bond acceptors (Lipinski definition) is 2. The molecule has 2 nitrogen and oxygen atoms in total. The molecular weight excluding hydrogens is 691 g/mol. The van der Waals surface area contributed by atoms with Crippen LogP contribution in [0, 0.1) is 19.8 Å². The molecule has 4 aliphatic carbocycles. The summed E-state index contributed by atoms with van der Waals surface area (Å²) in [5, 5.41) is 2.24. The van der Waals surface area contributed by atoms with Crippen LogP contribution < -0.4 is 4.90 Å². The van der Waals surface area contributed by atoms with Gasteiger partial charge in [0.05, 0.1) is 22.5 Å². The fourth-order valence-electron chi connectivity index (χ4n) is 10.6. The Hall–Kier alpha value is -6.90. The van der Waals surface area contributed by atoms with Crippen LogP contribution in [0.4, 0.5) is 11.4 Å². The van der Waals surface area contributed by atoms with Crippen LogP contribution in [-0.2, 0) is 5.41 Å². The van der Waals surface area contributed by atoms with Gasteiger partial charge in [-0.15, -0.1) is 0 Å². The monoisotopic (exact) mass is 729 g/mol.